The van der Waals surface area contributed by atoms with E-state index in [1.165, 1.54) is 6.42 Å². The standard InChI is InChI=1S/C36H55N3O5/c1-8-10-11-12-13-14-24-39(32(29-20-16-26(3)17-21-29)33(41)37-27(4)15-9-2)34(42)31(38-35(43)44-36(5,6)7)25-28-18-22-30(40)23-19-28/h16-23,27,31-32,40H,8-15,24-25H2,1-7H3,(H,37,41)(H,38,43). The minimum atomic E-state index is -0.997. The van der Waals surface area contributed by atoms with E-state index in [0.717, 1.165) is 61.6 Å². The van der Waals surface area contributed by atoms with Crippen LogP contribution in [0.3, 0.4) is 0 Å². The number of alkyl carbamates (subject to hydrolysis) is 1. The highest BCUT2D eigenvalue weighted by Crippen LogP contribution is 2.26. The quantitative estimate of drug-likeness (QED) is 0.162. The molecule has 3 unspecified atom stereocenters. The second kappa shape index (κ2) is 18.3. The van der Waals surface area contributed by atoms with E-state index in [9.17, 15) is 19.5 Å². The summed E-state index contributed by atoms with van der Waals surface area (Å²) >= 11 is 0. The molecule has 0 aromatic heterocycles. The van der Waals surface area contributed by atoms with Gasteiger partial charge in [-0.3, -0.25) is 9.59 Å². The van der Waals surface area contributed by atoms with E-state index in [1.54, 1.807) is 49.9 Å². The molecule has 0 saturated heterocycles. The van der Waals surface area contributed by atoms with Crippen LogP contribution in [0.5, 0.6) is 5.75 Å². The zero-order valence-electron chi connectivity index (χ0n) is 27.9. The van der Waals surface area contributed by atoms with Gasteiger partial charge < -0.3 is 25.4 Å². The van der Waals surface area contributed by atoms with Crippen molar-refractivity contribution in [3.05, 3.63) is 65.2 Å². The molecule has 8 heteroatoms. The van der Waals surface area contributed by atoms with Crippen LogP contribution in [-0.2, 0) is 20.7 Å². The molecule has 3 N–H and O–H groups in total. The minimum absolute atomic E-state index is 0.0564. The number of nitrogens with zero attached hydrogens (tertiary/aromatic N) is 1. The van der Waals surface area contributed by atoms with Gasteiger partial charge in [-0.1, -0.05) is 94.3 Å². The number of phenolic OH excluding ortho intramolecular Hbond substituents is 1. The number of benzene rings is 2. The number of ether oxygens (including phenoxy) is 1. The Bertz CT molecular complexity index is 1160. The zero-order chi connectivity index (χ0) is 32.7. The summed E-state index contributed by atoms with van der Waals surface area (Å²) in [7, 11) is 0. The number of phenols is 1. The molecule has 244 valence electrons. The van der Waals surface area contributed by atoms with Crippen LogP contribution in [0.1, 0.15) is 116 Å². The highest BCUT2D eigenvalue weighted by molar-refractivity contribution is 5.92. The Morgan fingerprint density at radius 3 is 2.07 bits per heavy atom. The van der Waals surface area contributed by atoms with E-state index in [0.29, 0.717) is 6.54 Å². The van der Waals surface area contributed by atoms with Crippen molar-refractivity contribution >= 4 is 17.9 Å². The average molecular weight is 610 g/mol. The first-order valence-corrected chi connectivity index (χ1v) is 16.3. The fraction of sp³-hybridized carbons (Fsp3) is 0.583. The van der Waals surface area contributed by atoms with Gasteiger partial charge in [0.1, 0.15) is 23.4 Å². The van der Waals surface area contributed by atoms with E-state index < -0.39 is 23.8 Å². The molecule has 44 heavy (non-hydrogen) atoms. The fourth-order valence-corrected chi connectivity index (χ4v) is 5.20. The summed E-state index contributed by atoms with van der Waals surface area (Å²) in [5, 5.41) is 15.8. The van der Waals surface area contributed by atoms with Crippen LogP contribution in [0, 0.1) is 6.92 Å². The molecule has 0 saturated carbocycles. The Kier molecular flexibility index (Phi) is 15.2. The molecule has 2 aromatic rings. The molecule has 0 bridgehead atoms. The van der Waals surface area contributed by atoms with Gasteiger partial charge in [0.25, 0.3) is 0 Å². The lowest BCUT2D eigenvalue weighted by Gasteiger charge is -2.35. The van der Waals surface area contributed by atoms with Crippen molar-refractivity contribution in [1.29, 1.82) is 0 Å². The van der Waals surface area contributed by atoms with Crippen LogP contribution in [0.15, 0.2) is 48.5 Å². The van der Waals surface area contributed by atoms with Gasteiger partial charge >= 0.3 is 6.09 Å². The van der Waals surface area contributed by atoms with Crippen molar-refractivity contribution in [2.24, 2.45) is 0 Å². The third-order valence-electron chi connectivity index (χ3n) is 7.46. The first-order chi connectivity index (χ1) is 20.8. The van der Waals surface area contributed by atoms with Gasteiger partial charge in [0.15, 0.2) is 0 Å². The molecule has 3 amide bonds. The number of carbonyl (C=O) groups is 3. The Morgan fingerprint density at radius 2 is 1.48 bits per heavy atom. The summed E-state index contributed by atoms with van der Waals surface area (Å²) in [5.41, 5.74) is 1.77. The number of nitrogens with one attached hydrogen (secondary N) is 2. The Hall–Kier alpha value is -3.55. The second-order valence-electron chi connectivity index (χ2n) is 12.9. The Balaban J connectivity index is 2.54. The van der Waals surface area contributed by atoms with E-state index in [4.69, 9.17) is 4.74 Å². The fourth-order valence-electron chi connectivity index (χ4n) is 5.20. The molecule has 8 nitrogen and oxygen atoms in total. The first-order valence-electron chi connectivity index (χ1n) is 16.3. The number of aromatic hydroxyl groups is 1. The summed E-state index contributed by atoms with van der Waals surface area (Å²) in [6.07, 6.45) is 7.36. The van der Waals surface area contributed by atoms with Crippen LogP contribution in [0.25, 0.3) is 0 Å². The number of aryl methyl sites for hydroxylation is 1. The van der Waals surface area contributed by atoms with Crippen molar-refractivity contribution in [1.82, 2.24) is 15.5 Å². The molecular formula is C36H55N3O5. The lowest BCUT2D eigenvalue weighted by molar-refractivity contribution is -0.142. The number of hydrogen-bond donors (Lipinski definition) is 3. The predicted octanol–water partition coefficient (Wildman–Crippen LogP) is 7.37. The number of carbonyl (C=O) groups excluding carboxylic acids is 3. The second-order valence-corrected chi connectivity index (χ2v) is 12.9. The average Bonchev–Trinajstić information content (AvgIpc) is 2.94. The molecular weight excluding hydrogens is 554 g/mol. The summed E-state index contributed by atoms with van der Waals surface area (Å²) in [6, 6.07) is 12.3. The van der Waals surface area contributed by atoms with E-state index >= 15 is 0 Å². The van der Waals surface area contributed by atoms with Crippen LogP contribution in [0.4, 0.5) is 4.79 Å². The smallest absolute Gasteiger partial charge is 0.408 e. The normalized spacial score (nSPS) is 13.4. The maximum atomic E-state index is 14.6. The van der Waals surface area contributed by atoms with Crippen molar-refractivity contribution in [2.45, 2.75) is 130 Å². The minimum Gasteiger partial charge on any atom is -0.508 e. The summed E-state index contributed by atoms with van der Waals surface area (Å²) in [6.45, 7) is 13.9. The van der Waals surface area contributed by atoms with Gasteiger partial charge in [-0.05, 0) is 70.7 Å². The SMILES string of the molecule is CCCCCCCCN(C(=O)C(Cc1ccc(O)cc1)NC(=O)OC(C)(C)C)C(C(=O)NC(C)CCC)c1ccc(C)cc1. The van der Waals surface area contributed by atoms with E-state index in [2.05, 4.69) is 24.5 Å². The third-order valence-corrected chi connectivity index (χ3v) is 7.46. The van der Waals surface area contributed by atoms with Gasteiger partial charge in [-0.2, -0.15) is 0 Å². The topological polar surface area (TPSA) is 108 Å². The summed E-state index contributed by atoms with van der Waals surface area (Å²) in [5.74, 6) is -0.491. The maximum Gasteiger partial charge on any atom is 0.408 e. The first kappa shape index (κ1) is 36.6. The molecule has 0 aliphatic rings. The van der Waals surface area contributed by atoms with Crippen molar-refractivity contribution in [3.63, 3.8) is 0 Å². The van der Waals surface area contributed by atoms with Crippen LogP contribution >= 0.6 is 0 Å². The molecule has 0 aliphatic heterocycles. The third kappa shape index (κ3) is 13.0. The van der Waals surface area contributed by atoms with Gasteiger partial charge in [-0.25, -0.2) is 4.79 Å². The number of amides is 3. The van der Waals surface area contributed by atoms with Crippen molar-refractivity contribution in [3.8, 4) is 5.75 Å². The molecule has 2 aromatic carbocycles. The van der Waals surface area contributed by atoms with E-state index in [1.807, 2.05) is 38.1 Å². The van der Waals surface area contributed by atoms with Crippen LogP contribution in [0.2, 0.25) is 0 Å². The number of rotatable bonds is 17. The van der Waals surface area contributed by atoms with E-state index in [-0.39, 0.29) is 30.0 Å². The molecule has 0 spiro atoms. The number of hydrogen-bond acceptors (Lipinski definition) is 5. The highest BCUT2D eigenvalue weighted by atomic mass is 16.6. The molecule has 0 aliphatic carbocycles. The Labute approximate surface area is 264 Å². The maximum absolute atomic E-state index is 14.6. The molecule has 0 heterocycles. The lowest BCUT2D eigenvalue weighted by Crippen LogP contribution is -2.54. The summed E-state index contributed by atoms with van der Waals surface area (Å²) in [4.78, 5) is 43.3. The number of unbranched alkanes of at least 4 members (excludes halogenated alkanes) is 5. The molecule has 3 atom stereocenters. The Morgan fingerprint density at radius 1 is 0.864 bits per heavy atom. The lowest BCUT2D eigenvalue weighted by atomic mass is 9.98. The molecule has 0 radical (unpaired) electrons. The highest BCUT2D eigenvalue weighted by Gasteiger charge is 2.36. The van der Waals surface area contributed by atoms with Crippen LogP contribution < -0.4 is 10.6 Å². The van der Waals surface area contributed by atoms with Crippen molar-refractivity contribution < 1.29 is 24.2 Å². The van der Waals surface area contributed by atoms with Crippen molar-refractivity contribution in [2.75, 3.05) is 6.54 Å². The van der Waals surface area contributed by atoms with Gasteiger partial charge in [0.05, 0.1) is 0 Å². The predicted molar refractivity (Wildman–Crippen MR) is 176 cm³/mol. The van der Waals surface area contributed by atoms with Gasteiger partial charge in [0, 0.05) is 19.0 Å². The molecule has 0 fully saturated rings. The largest absolute Gasteiger partial charge is 0.508 e. The van der Waals surface area contributed by atoms with Gasteiger partial charge in [-0.15, -0.1) is 0 Å². The monoisotopic (exact) mass is 609 g/mol. The summed E-state index contributed by atoms with van der Waals surface area (Å²) < 4.78 is 5.54. The van der Waals surface area contributed by atoms with Crippen LogP contribution in [-0.4, -0.2) is 52.1 Å². The van der Waals surface area contributed by atoms with Gasteiger partial charge in [0.2, 0.25) is 11.8 Å². The zero-order valence-corrected chi connectivity index (χ0v) is 27.9. The molecule has 2 rings (SSSR count).